The van der Waals surface area contributed by atoms with Gasteiger partial charge in [-0.1, -0.05) is 22.0 Å². The van der Waals surface area contributed by atoms with Crippen LogP contribution in [-0.4, -0.2) is 17.1 Å². The van der Waals surface area contributed by atoms with Crippen molar-refractivity contribution in [2.24, 2.45) is 5.73 Å². The summed E-state index contributed by atoms with van der Waals surface area (Å²) in [6.45, 7) is 1.11. The molecule has 0 fully saturated rings. The van der Waals surface area contributed by atoms with Crippen LogP contribution >= 0.6 is 15.9 Å². The fourth-order valence-corrected chi connectivity index (χ4v) is 2.31. The number of aliphatic carboxylic acids is 1. The molecule has 0 aromatic heterocycles. The number of carboxylic acids is 1. The van der Waals surface area contributed by atoms with Gasteiger partial charge in [-0.3, -0.25) is 4.79 Å². The number of carboxylic acid groups (broad SMARTS) is 1. The molecule has 2 rings (SSSR count). The van der Waals surface area contributed by atoms with Gasteiger partial charge in [0.1, 0.15) is 6.04 Å². The van der Waals surface area contributed by atoms with E-state index < -0.39 is 12.0 Å². The number of nitrogens with two attached hydrogens (primary N) is 1. The molecule has 0 spiro atoms. The molecule has 1 aromatic carbocycles. The minimum absolute atomic E-state index is 0.342. The normalized spacial score (nSPS) is 15.9. The largest absolute Gasteiger partial charge is 0.480 e. The van der Waals surface area contributed by atoms with Crippen molar-refractivity contribution in [2.45, 2.75) is 25.7 Å². The summed E-state index contributed by atoms with van der Waals surface area (Å²) in [5.41, 5.74) is 8.67. The molecular formula is C11H12BrNO3. The van der Waals surface area contributed by atoms with Crippen molar-refractivity contribution in [2.75, 3.05) is 0 Å². The molecule has 3 N–H and O–H groups in total. The predicted molar refractivity (Wildman–Crippen MR) is 62.0 cm³/mol. The fraction of sp³-hybridized carbons (Fsp3) is 0.364. The van der Waals surface area contributed by atoms with Crippen molar-refractivity contribution in [3.63, 3.8) is 0 Å². The van der Waals surface area contributed by atoms with Crippen molar-refractivity contribution in [3.05, 3.63) is 33.3 Å². The third kappa shape index (κ3) is 2.11. The maximum Gasteiger partial charge on any atom is 0.320 e. The van der Waals surface area contributed by atoms with Crippen molar-refractivity contribution >= 4 is 21.9 Å². The number of benzene rings is 1. The van der Waals surface area contributed by atoms with E-state index in [4.69, 9.17) is 15.6 Å². The van der Waals surface area contributed by atoms with Gasteiger partial charge in [-0.15, -0.1) is 0 Å². The van der Waals surface area contributed by atoms with Gasteiger partial charge in [0.2, 0.25) is 0 Å². The molecule has 0 saturated carbocycles. The minimum Gasteiger partial charge on any atom is -0.480 e. The van der Waals surface area contributed by atoms with E-state index in [1.54, 1.807) is 0 Å². The van der Waals surface area contributed by atoms with E-state index in [2.05, 4.69) is 15.9 Å². The summed E-state index contributed by atoms with van der Waals surface area (Å²) in [7, 11) is 0. The highest BCUT2D eigenvalue weighted by Crippen LogP contribution is 2.30. The number of hydrogen-bond donors (Lipinski definition) is 2. The van der Waals surface area contributed by atoms with E-state index in [1.807, 2.05) is 12.1 Å². The summed E-state index contributed by atoms with van der Waals surface area (Å²) in [5, 5.41) is 8.78. The van der Waals surface area contributed by atoms with Crippen LogP contribution in [0.25, 0.3) is 0 Å². The molecule has 1 heterocycles. The summed E-state index contributed by atoms with van der Waals surface area (Å²) >= 11 is 3.45. The first-order chi connectivity index (χ1) is 7.59. The Bertz CT molecular complexity index is 433. The van der Waals surface area contributed by atoms with Gasteiger partial charge in [-0.25, -0.2) is 0 Å². The maximum absolute atomic E-state index is 10.7. The highest BCUT2D eigenvalue weighted by molar-refractivity contribution is 9.10. The smallest absolute Gasteiger partial charge is 0.320 e. The van der Waals surface area contributed by atoms with Gasteiger partial charge in [0.05, 0.1) is 13.2 Å². The number of hydrogen-bond acceptors (Lipinski definition) is 3. The summed E-state index contributed by atoms with van der Waals surface area (Å²) in [6.07, 6.45) is 0.342. The van der Waals surface area contributed by atoms with Crippen LogP contribution in [0.1, 0.15) is 16.7 Å². The minimum atomic E-state index is -0.976. The van der Waals surface area contributed by atoms with Crippen molar-refractivity contribution in [1.82, 2.24) is 0 Å². The summed E-state index contributed by atoms with van der Waals surface area (Å²) in [4.78, 5) is 10.7. The van der Waals surface area contributed by atoms with Gasteiger partial charge in [-0.05, 0) is 29.2 Å². The monoisotopic (exact) mass is 285 g/mol. The third-order valence-electron chi connectivity index (χ3n) is 2.72. The second kappa shape index (κ2) is 4.53. The summed E-state index contributed by atoms with van der Waals surface area (Å²) in [5.74, 6) is -0.976. The van der Waals surface area contributed by atoms with Crippen LogP contribution in [-0.2, 0) is 29.2 Å². The first-order valence-corrected chi connectivity index (χ1v) is 5.74. The number of halogens is 1. The lowest BCUT2D eigenvalue weighted by molar-refractivity contribution is -0.138. The Morgan fingerprint density at radius 2 is 2.19 bits per heavy atom. The second-order valence-electron chi connectivity index (χ2n) is 3.81. The molecule has 0 unspecified atom stereocenters. The van der Waals surface area contributed by atoms with E-state index >= 15 is 0 Å². The number of fused-ring (bicyclic) bond motifs is 1. The molecule has 1 aliphatic rings. The van der Waals surface area contributed by atoms with Gasteiger partial charge < -0.3 is 15.6 Å². The van der Waals surface area contributed by atoms with Crippen molar-refractivity contribution in [1.29, 1.82) is 0 Å². The lowest BCUT2D eigenvalue weighted by atomic mass is 9.98. The van der Waals surface area contributed by atoms with E-state index in [0.29, 0.717) is 19.6 Å². The molecule has 1 atom stereocenters. The van der Waals surface area contributed by atoms with Crippen LogP contribution in [0.2, 0.25) is 0 Å². The van der Waals surface area contributed by atoms with Crippen LogP contribution in [0.15, 0.2) is 16.6 Å². The second-order valence-corrected chi connectivity index (χ2v) is 4.66. The van der Waals surface area contributed by atoms with E-state index in [0.717, 1.165) is 21.2 Å². The van der Waals surface area contributed by atoms with Crippen LogP contribution in [0, 0.1) is 0 Å². The van der Waals surface area contributed by atoms with Crippen LogP contribution in [0.5, 0.6) is 0 Å². The molecule has 1 aliphatic heterocycles. The van der Waals surface area contributed by atoms with Gasteiger partial charge in [0.25, 0.3) is 0 Å². The number of rotatable bonds is 3. The molecule has 0 amide bonds. The highest BCUT2D eigenvalue weighted by Gasteiger charge is 2.21. The van der Waals surface area contributed by atoms with Gasteiger partial charge in [0.15, 0.2) is 0 Å². The molecule has 16 heavy (non-hydrogen) atoms. The standard InChI is InChI=1S/C11H12BrNO3/c12-9-2-1-6(3-10(13)11(14)15)7-4-16-5-8(7)9/h1-2,10H,3-5,13H2,(H,14,15)/t10-/m0/s1. The molecule has 86 valence electrons. The quantitative estimate of drug-likeness (QED) is 0.881. The van der Waals surface area contributed by atoms with Crippen molar-refractivity contribution in [3.8, 4) is 0 Å². The maximum atomic E-state index is 10.7. The van der Waals surface area contributed by atoms with E-state index in [-0.39, 0.29) is 0 Å². The summed E-state index contributed by atoms with van der Waals surface area (Å²) in [6, 6.07) is 2.96. The molecule has 0 saturated heterocycles. The number of ether oxygens (including phenoxy) is 1. The Morgan fingerprint density at radius 3 is 2.88 bits per heavy atom. The van der Waals surface area contributed by atoms with Crippen LogP contribution in [0.4, 0.5) is 0 Å². The molecule has 0 aliphatic carbocycles. The zero-order valence-corrected chi connectivity index (χ0v) is 10.2. The van der Waals surface area contributed by atoms with Crippen LogP contribution < -0.4 is 5.73 Å². The zero-order valence-electron chi connectivity index (χ0n) is 8.57. The molecule has 5 heteroatoms. The average Bonchev–Trinajstić information content (AvgIpc) is 2.71. The fourth-order valence-electron chi connectivity index (χ4n) is 1.82. The van der Waals surface area contributed by atoms with Gasteiger partial charge >= 0.3 is 5.97 Å². The van der Waals surface area contributed by atoms with Crippen LogP contribution in [0.3, 0.4) is 0 Å². The SMILES string of the molecule is N[C@@H](Cc1ccc(Br)c2c1COC2)C(=O)O. The zero-order chi connectivity index (χ0) is 11.7. The molecule has 4 nitrogen and oxygen atoms in total. The predicted octanol–water partition coefficient (Wildman–Crippen LogP) is 1.43. The first-order valence-electron chi connectivity index (χ1n) is 4.95. The molecular weight excluding hydrogens is 274 g/mol. The molecule has 0 radical (unpaired) electrons. The van der Waals surface area contributed by atoms with E-state index in [1.165, 1.54) is 0 Å². The van der Waals surface area contributed by atoms with E-state index in [9.17, 15) is 4.79 Å². The van der Waals surface area contributed by atoms with Crippen molar-refractivity contribution < 1.29 is 14.6 Å². The Morgan fingerprint density at radius 1 is 1.50 bits per heavy atom. The summed E-state index contributed by atoms with van der Waals surface area (Å²) < 4.78 is 6.37. The van der Waals surface area contributed by atoms with Gasteiger partial charge in [0, 0.05) is 4.47 Å². The molecule has 1 aromatic rings. The average molecular weight is 286 g/mol. The topological polar surface area (TPSA) is 72.5 Å². The number of carbonyl (C=O) groups is 1. The Kier molecular flexibility index (Phi) is 3.28. The van der Waals surface area contributed by atoms with Gasteiger partial charge in [-0.2, -0.15) is 0 Å². The third-order valence-corrected chi connectivity index (χ3v) is 3.46. The molecule has 0 bridgehead atoms. The first kappa shape index (κ1) is 11.6. The Labute approximate surface area is 102 Å². The lowest BCUT2D eigenvalue weighted by Gasteiger charge is -2.11. The lowest BCUT2D eigenvalue weighted by Crippen LogP contribution is -2.32. The Hall–Kier alpha value is -0.910. The highest BCUT2D eigenvalue weighted by atomic mass is 79.9. The Balaban J connectivity index is 2.29.